The first-order valence-corrected chi connectivity index (χ1v) is 7.90. The van der Waals surface area contributed by atoms with Gasteiger partial charge in [0.15, 0.2) is 11.0 Å². The smallest absolute Gasteiger partial charge is 0.236 e. The summed E-state index contributed by atoms with van der Waals surface area (Å²) in [5.41, 5.74) is 5.56. The summed E-state index contributed by atoms with van der Waals surface area (Å²) in [5, 5.41) is 0. The fraction of sp³-hybridized carbons (Fsp3) is 0.316. The number of hydrogen-bond acceptors (Lipinski definition) is 0. The molecule has 4 rings (SSSR count). The summed E-state index contributed by atoms with van der Waals surface area (Å²) >= 11 is 0. The Hall–Kier alpha value is -2.09. The van der Waals surface area contributed by atoms with E-state index in [1.165, 1.54) is 28.0 Å². The molecule has 0 unspecified atom stereocenters. The van der Waals surface area contributed by atoms with Crippen LogP contribution in [0.1, 0.15) is 32.3 Å². The van der Waals surface area contributed by atoms with Gasteiger partial charge in [0, 0.05) is 6.42 Å². The molecule has 3 aromatic rings. The van der Waals surface area contributed by atoms with Crippen molar-refractivity contribution in [2.24, 2.45) is 0 Å². The lowest BCUT2D eigenvalue weighted by Crippen LogP contribution is -2.59. The monoisotopic (exact) mass is 277 g/mol. The number of fused-ring (bicyclic) bond motifs is 5. The second kappa shape index (κ2) is 4.45. The second-order valence-corrected chi connectivity index (χ2v) is 6.09. The van der Waals surface area contributed by atoms with Gasteiger partial charge in [0.05, 0.1) is 5.56 Å². The van der Waals surface area contributed by atoms with E-state index in [4.69, 9.17) is 0 Å². The summed E-state index contributed by atoms with van der Waals surface area (Å²) in [5.74, 6) is 1.27. The lowest BCUT2D eigenvalue weighted by atomic mass is 9.80. The molecular formula is C19H21N2+. The summed E-state index contributed by atoms with van der Waals surface area (Å²) < 4.78 is 2.56. The highest BCUT2D eigenvalue weighted by atomic mass is 15.2. The van der Waals surface area contributed by atoms with Crippen molar-refractivity contribution in [3.8, 4) is 11.4 Å². The summed E-state index contributed by atoms with van der Waals surface area (Å²) in [7, 11) is 0. The molecular weight excluding hydrogens is 256 g/mol. The molecule has 1 N–H and O–H groups in total. The van der Waals surface area contributed by atoms with Gasteiger partial charge in [0.2, 0.25) is 0 Å². The Balaban J connectivity index is 2.13. The van der Waals surface area contributed by atoms with Crippen LogP contribution in [0, 0.1) is 0 Å². The highest BCUT2D eigenvalue weighted by Gasteiger charge is 2.43. The zero-order chi connectivity index (χ0) is 14.4. The molecule has 0 aliphatic carbocycles. The maximum absolute atomic E-state index is 3.66. The molecule has 0 bridgehead atoms. The molecule has 2 aromatic carbocycles. The SMILES string of the molecule is CCC1(CC)Cc2ccccc2-c2[nH]c3ccccc3[n+]21. The zero-order valence-electron chi connectivity index (χ0n) is 12.7. The molecule has 0 spiro atoms. The van der Waals surface area contributed by atoms with E-state index in [0.717, 1.165) is 19.3 Å². The van der Waals surface area contributed by atoms with Crippen LogP contribution in [0.2, 0.25) is 0 Å². The minimum Gasteiger partial charge on any atom is -0.236 e. The predicted molar refractivity (Wildman–Crippen MR) is 86.2 cm³/mol. The molecule has 0 saturated heterocycles. The third-order valence-corrected chi connectivity index (χ3v) is 5.20. The molecule has 1 aromatic heterocycles. The van der Waals surface area contributed by atoms with Crippen molar-refractivity contribution in [3.05, 3.63) is 54.1 Å². The van der Waals surface area contributed by atoms with Gasteiger partial charge in [-0.05, 0) is 36.6 Å². The average molecular weight is 277 g/mol. The maximum atomic E-state index is 3.66. The minimum absolute atomic E-state index is 0.184. The molecule has 106 valence electrons. The van der Waals surface area contributed by atoms with E-state index < -0.39 is 0 Å². The Morgan fingerprint density at radius 1 is 1.00 bits per heavy atom. The van der Waals surface area contributed by atoms with Crippen molar-refractivity contribution < 1.29 is 4.57 Å². The van der Waals surface area contributed by atoms with Crippen molar-refractivity contribution >= 4 is 11.0 Å². The number of nitrogens with zero attached hydrogens (tertiary/aromatic N) is 1. The van der Waals surface area contributed by atoms with Crippen LogP contribution in [0.3, 0.4) is 0 Å². The Morgan fingerprint density at radius 2 is 1.71 bits per heavy atom. The van der Waals surface area contributed by atoms with Crippen molar-refractivity contribution in [3.63, 3.8) is 0 Å². The standard InChI is InChI=1S/C19H20N2/c1-3-19(4-2)13-14-9-5-6-10-15(14)18-20-16-11-7-8-12-17(16)21(18)19/h5-12H,3-4,13H2,1-2H3/p+1. The topological polar surface area (TPSA) is 19.7 Å². The van der Waals surface area contributed by atoms with E-state index in [1.54, 1.807) is 0 Å². The zero-order valence-corrected chi connectivity index (χ0v) is 12.7. The first-order chi connectivity index (χ1) is 10.3. The molecule has 0 amide bonds. The van der Waals surface area contributed by atoms with Gasteiger partial charge in [-0.25, -0.2) is 9.55 Å². The third-order valence-electron chi connectivity index (χ3n) is 5.20. The van der Waals surface area contributed by atoms with Gasteiger partial charge >= 0.3 is 0 Å². The summed E-state index contributed by atoms with van der Waals surface area (Å²) in [6.07, 6.45) is 3.42. The molecule has 2 heteroatoms. The van der Waals surface area contributed by atoms with Crippen LogP contribution in [-0.4, -0.2) is 4.98 Å². The predicted octanol–water partition coefficient (Wildman–Crippen LogP) is 4.19. The fourth-order valence-corrected chi connectivity index (χ4v) is 3.91. The third kappa shape index (κ3) is 1.62. The largest absolute Gasteiger partial charge is 0.288 e. The van der Waals surface area contributed by atoms with E-state index >= 15 is 0 Å². The Bertz CT molecular complexity index is 809. The van der Waals surface area contributed by atoms with E-state index in [1.807, 2.05) is 0 Å². The summed E-state index contributed by atoms with van der Waals surface area (Å²) in [6.45, 7) is 4.63. The van der Waals surface area contributed by atoms with Crippen LogP contribution in [0.15, 0.2) is 48.5 Å². The molecule has 0 radical (unpaired) electrons. The number of hydrogen-bond donors (Lipinski definition) is 1. The van der Waals surface area contributed by atoms with Gasteiger partial charge in [0.1, 0.15) is 5.54 Å². The van der Waals surface area contributed by atoms with E-state index in [9.17, 15) is 0 Å². The van der Waals surface area contributed by atoms with E-state index in [2.05, 4.69) is 71.9 Å². The minimum atomic E-state index is 0.184. The number of para-hydroxylation sites is 2. The Labute approximate surface area is 125 Å². The van der Waals surface area contributed by atoms with Gasteiger partial charge in [-0.3, -0.25) is 0 Å². The second-order valence-electron chi connectivity index (χ2n) is 6.09. The Morgan fingerprint density at radius 3 is 2.52 bits per heavy atom. The summed E-state index contributed by atoms with van der Waals surface area (Å²) in [4.78, 5) is 3.66. The summed E-state index contributed by atoms with van der Waals surface area (Å²) in [6, 6.07) is 17.5. The van der Waals surface area contributed by atoms with Crippen LogP contribution in [-0.2, 0) is 12.0 Å². The molecule has 21 heavy (non-hydrogen) atoms. The molecule has 0 saturated carbocycles. The molecule has 0 fully saturated rings. The normalized spacial score (nSPS) is 15.7. The van der Waals surface area contributed by atoms with Crippen LogP contribution in [0.25, 0.3) is 22.4 Å². The van der Waals surface area contributed by atoms with Crippen molar-refractivity contribution in [2.45, 2.75) is 38.6 Å². The molecule has 1 aliphatic heterocycles. The van der Waals surface area contributed by atoms with Crippen LogP contribution in [0.5, 0.6) is 0 Å². The lowest BCUT2D eigenvalue weighted by molar-refractivity contribution is -0.735. The first kappa shape index (κ1) is 12.6. The lowest BCUT2D eigenvalue weighted by Gasteiger charge is -2.34. The van der Waals surface area contributed by atoms with Gasteiger partial charge in [-0.15, -0.1) is 0 Å². The highest BCUT2D eigenvalue weighted by Crippen LogP contribution is 2.37. The van der Waals surface area contributed by atoms with Gasteiger partial charge < -0.3 is 0 Å². The number of aromatic amines is 1. The fourth-order valence-electron chi connectivity index (χ4n) is 3.91. The number of aromatic nitrogens is 2. The number of imidazole rings is 1. The Kier molecular flexibility index (Phi) is 2.68. The quantitative estimate of drug-likeness (QED) is 0.678. The number of rotatable bonds is 2. The van der Waals surface area contributed by atoms with Crippen molar-refractivity contribution in [1.29, 1.82) is 0 Å². The number of H-pyrrole nitrogens is 1. The van der Waals surface area contributed by atoms with Crippen molar-refractivity contribution in [1.82, 2.24) is 4.98 Å². The van der Waals surface area contributed by atoms with Crippen LogP contribution >= 0.6 is 0 Å². The van der Waals surface area contributed by atoms with E-state index in [0.29, 0.717) is 0 Å². The molecule has 1 aliphatic rings. The number of nitrogens with one attached hydrogen (secondary N) is 1. The van der Waals surface area contributed by atoms with Crippen molar-refractivity contribution in [2.75, 3.05) is 0 Å². The first-order valence-electron chi connectivity index (χ1n) is 7.90. The van der Waals surface area contributed by atoms with E-state index in [-0.39, 0.29) is 5.54 Å². The maximum Gasteiger partial charge on any atom is 0.288 e. The van der Waals surface area contributed by atoms with Gasteiger partial charge in [-0.1, -0.05) is 44.2 Å². The molecule has 0 atom stereocenters. The van der Waals surface area contributed by atoms with Crippen LogP contribution < -0.4 is 4.57 Å². The average Bonchev–Trinajstić information content (AvgIpc) is 2.94. The highest BCUT2D eigenvalue weighted by molar-refractivity contribution is 5.76. The molecule has 2 heterocycles. The van der Waals surface area contributed by atoms with Gasteiger partial charge in [-0.2, -0.15) is 0 Å². The van der Waals surface area contributed by atoms with Gasteiger partial charge in [0.25, 0.3) is 5.82 Å². The number of benzene rings is 2. The molecule has 2 nitrogen and oxygen atoms in total. The van der Waals surface area contributed by atoms with Crippen LogP contribution in [0.4, 0.5) is 0 Å².